The van der Waals surface area contributed by atoms with Crippen LogP contribution in [-0.4, -0.2) is 10.2 Å². The number of thioether (sulfide) groups is 1. The lowest BCUT2D eigenvalue weighted by Crippen LogP contribution is -1.87. The zero-order valence-corrected chi connectivity index (χ0v) is 14.3. The fourth-order valence-electron chi connectivity index (χ4n) is 1.88. The van der Waals surface area contributed by atoms with Gasteiger partial charge in [-0.05, 0) is 19.9 Å². The maximum Gasteiger partial charge on any atom is 0.110 e. The van der Waals surface area contributed by atoms with E-state index in [1.807, 2.05) is 32.0 Å². The van der Waals surface area contributed by atoms with Gasteiger partial charge in [-0.3, -0.25) is 4.99 Å². The van der Waals surface area contributed by atoms with Crippen LogP contribution in [0.15, 0.2) is 53.4 Å². The minimum Gasteiger partial charge on any atom is -0.509 e. The number of allylic oxidation sites excluding steroid dienone is 2. The monoisotopic (exact) mass is 337 g/mol. The van der Waals surface area contributed by atoms with Crippen molar-refractivity contribution in [2.75, 3.05) is 0 Å². The highest BCUT2D eigenvalue weighted by atomic mass is 35.5. The first-order valence-corrected chi connectivity index (χ1v) is 8.55. The van der Waals surface area contributed by atoms with Crippen LogP contribution in [0, 0.1) is 0 Å². The number of aliphatic hydroxyl groups is 1. The van der Waals surface area contributed by atoms with Gasteiger partial charge in [0.05, 0.1) is 10.1 Å². The van der Waals surface area contributed by atoms with Crippen LogP contribution in [0.25, 0.3) is 10.1 Å². The summed E-state index contributed by atoms with van der Waals surface area (Å²) in [6.07, 6.45) is 1.54. The van der Waals surface area contributed by atoms with Gasteiger partial charge in [0.1, 0.15) is 5.76 Å². The van der Waals surface area contributed by atoms with Gasteiger partial charge in [-0.1, -0.05) is 36.4 Å². The number of thiophene rings is 1. The van der Waals surface area contributed by atoms with Gasteiger partial charge in [0.15, 0.2) is 0 Å². The van der Waals surface area contributed by atoms with Crippen LogP contribution in [0.3, 0.4) is 0 Å². The quantitative estimate of drug-likeness (QED) is 0.312. The molecule has 5 heteroatoms. The molecule has 0 spiro atoms. The lowest BCUT2D eigenvalue weighted by Gasteiger charge is -2.00. The van der Waals surface area contributed by atoms with Crippen molar-refractivity contribution in [1.29, 1.82) is 0 Å². The van der Waals surface area contributed by atoms with Gasteiger partial charge >= 0.3 is 0 Å². The molecule has 2 aromatic rings. The number of halogens is 1. The van der Waals surface area contributed by atoms with Crippen molar-refractivity contribution in [3.63, 3.8) is 0 Å². The molecular weight excluding hydrogens is 322 g/mol. The van der Waals surface area contributed by atoms with E-state index in [2.05, 4.69) is 17.6 Å². The van der Waals surface area contributed by atoms with Crippen molar-refractivity contribution < 1.29 is 5.11 Å². The molecule has 0 amide bonds. The number of rotatable bonds is 4. The summed E-state index contributed by atoms with van der Waals surface area (Å²) >= 11 is 9.77. The zero-order chi connectivity index (χ0) is 15.4. The highest BCUT2D eigenvalue weighted by molar-refractivity contribution is 8.13. The SMILES string of the molecule is C=C(O)/C=C(/C)N=C(C)SCc1sc2ccccc2c1Cl. The van der Waals surface area contributed by atoms with Gasteiger partial charge in [-0.15, -0.1) is 23.1 Å². The number of aliphatic imine (C=N–C) groups is 1. The van der Waals surface area contributed by atoms with Crippen molar-refractivity contribution in [3.05, 3.63) is 58.3 Å². The van der Waals surface area contributed by atoms with Gasteiger partial charge in [-0.2, -0.15) is 0 Å². The van der Waals surface area contributed by atoms with E-state index in [4.69, 9.17) is 16.7 Å². The van der Waals surface area contributed by atoms with E-state index in [1.54, 1.807) is 23.1 Å². The number of fused-ring (bicyclic) bond motifs is 1. The first kappa shape index (κ1) is 16.1. The molecule has 0 saturated heterocycles. The third kappa shape index (κ3) is 4.37. The Morgan fingerprint density at radius 2 is 2.14 bits per heavy atom. The van der Waals surface area contributed by atoms with E-state index in [1.165, 1.54) is 10.8 Å². The fraction of sp³-hybridized carbons (Fsp3) is 0.188. The van der Waals surface area contributed by atoms with Crippen molar-refractivity contribution in [1.82, 2.24) is 0 Å². The lowest BCUT2D eigenvalue weighted by molar-refractivity contribution is 0.434. The third-order valence-corrected chi connectivity index (χ3v) is 5.56. The fourth-order valence-corrected chi connectivity index (χ4v) is 4.36. The van der Waals surface area contributed by atoms with Gasteiger partial charge in [-0.25, -0.2) is 0 Å². The molecule has 0 aliphatic rings. The minimum absolute atomic E-state index is 0.0154. The second-order valence-electron chi connectivity index (χ2n) is 4.53. The Labute approximate surface area is 137 Å². The highest BCUT2D eigenvalue weighted by Gasteiger charge is 2.10. The van der Waals surface area contributed by atoms with Crippen molar-refractivity contribution in [2.24, 2.45) is 4.99 Å². The molecule has 0 saturated carbocycles. The minimum atomic E-state index is 0.0154. The number of hydrogen-bond donors (Lipinski definition) is 1. The van der Waals surface area contributed by atoms with Crippen LogP contribution in [0.5, 0.6) is 0 Å². The predicted octanol–water partition coefficient (Wildman–Crippen LogP) is 6.18. The molecule has 0 aliphatic carbocycles. The second kappa shape index (κ2) is 7.16. The van der Waals surface area contributed by atoms with Gasteiger partial charge in [0.25, 0.3) is 0 Å². The van der Waals surface area contributed by atoms with E-state index in [-0.39, 0.29) is 5.76 Å². The average Bonchev–Trinajstić information content (AvgIpc) is 2.73. The highest BCUT2D eigenvalue weighted by Crippen LogP contribution is 2.37. The van der Waals surface area contributed by atoms with Crippen LogP contribution in [0.4, 0.5) is 0 Å². The van der Waals surface area contributed by atoms with Crippen LogP contribution in [-0.2, 0) is 5.75 Å². The van der Waals surface area contributed by atoms with Crippen molar-refractivity contribution in [2.45, 2.75) is 19.6 Å². The molecule has 2 rings (SSSR count). The van der Waals surface area contributed by atoms with E-state index < -0.39 is 0 Å². The van der Waals surface area contributed by atoms with E-state index in [0.717, 1.165) is 31.8 Å². The third-order valence-electron chi connectivity index (χ3n) is 2.72. The Morgan fingerprint density at radius 1 is 1.43 bits per heavy atom. The Morgan fingerprint density at radius 3 is 2.81 bits per heavy atom. The van der Waals surface area contributed by atoms with Gasteiger partial charge in [0.2, 0.25) is 0 Å². The lowest BCUT2D eigenvalue weighted by atomic mass is 10.2. The molecule has 1 heterocycles. The number of nitrogens with zero attached hydrogens (tertiary/aromatic N) is 1. The zero-order valence-electron chi connectivity index (χ0n) is 11.9. The Bertz CT molecular complexity index is 731. The first-order valence-electron chi connectivity index (χ1n) is 6.37. The Balaban J connectivity index is 2.10. The van der Waals surface area contributed by atoms with E-state index in [0.29, 0.717) is 0 Å². The molecule has 1 aromatic heterocycles. The number of benzene rings is 1. The summed E-state index contributed by atoms with van der Waals surface area (Å²) in [6.45, 7) is 7.20. The molecule has 1 aromatic carbocycles. The number of hydrogen-bond acceptors (Lipinski definition) is 4. The van der Waals surface area contributed by atoms with Crippen LogP contribution in [0.2, 0.25) is 5.02 Å². The predicted molar refractivity (Wildman–Crippen MR) is 96.8 cm³/mol. The molecular formula is C16H16ClNOS2. The average molecular weight is 338 g/mol. The molecule has 110 valence electrons. The van der Waals surface area contributed by atoms with E-state index in [9.17, 15) is 0 Å². The molecule has 0 aliphatic heterocycles. The first-order chi connectivity index (χ1) is 9.97. The van der Waals surface area contributed by atoms with Crippen LogP contribution in [0.1, 0.15) is 18.7 Å². The summed E-state index contributed by atoms with van der Waals surface area (Å²) in [6, 6.07) is 8.15. The molecule has 0 fully saturated rings. The maximum absolute atomic E-state index is 9.10. The molecule has 0 unspecified atom stereocenters. The molecule has 21 heavy (non-hydrogen) atoms. The molecule has 0 bridgehead atoms. The molecule has 2 nitrogen and oxygen atoms in total. The summed E-state index contributed by atoms with van der Waals surface area (Å²) in [5.41, 5.74) is 0.731. The van der Waals surface area contributed by atoms with Crippen LogP contribution < -0.4 is 0 Å². The second-order valence-corrected chi connectivity index (χ2v) is 7.21. The maximum atomic E-state index is 9.10. The largest absolute Gasteiger partial charge is 0.509 e. The normalized spacial score (nSPS) is 12.9. The Kier molecular flexibility index (Phi) is 5.51. The Hall–Kier alpha value is -1.23. The topological polar surface area (TPSA) is 32.6 Å². The molecule has 0 radical (unpaired) electrons. The van der Waals surface area contributed by atoms with Crippen LogP contribution >= 0.6 is 34.7 Å². The summed E-state index contributed by atoms with van der Waals surface area (Å²) in [7, 11) is 0. The van der Waals surface area contributed by atoms with E-state index >= 15 is 0 Å². The van der Waals surface area contributed by atoms with Crippen molar-refractivity contribution in [3.8, 4) is 0 Å². The van der Waals surface area contributed by atoms with Gasteiger partial charge in [0, 0.05) is 32.5 Å². The smallest absolute Gasteiger partial charge is 0.110 e. The summed E-state index contributed by atoms with van der Waals surface area (Å²) in [5.74, 6) is 0.808. The van der Waals surface area contributed by atoms with Crippen molar-refractivity contribution >= 4 is 49.8 Å². The summed E-state index contributed by atoms with van der Waals surface area (Å²) < 4.78 is 1.21. The number of aliphatic hydroxyl groups excluding tert-OH is 1. The molecule has 1 N–H and O–H groups in total. The molecule has 0 atom stereocenters. The van der Waals surface area contributed by atoms with Gasteiger partial charge < -0.3 is 5.11 Å². The summed E-state index contributed by atoms with van der Waals surface area (Å²) in [4.78, 5) is 5.56. The summed E-state index contributed by atoms with van der Waals surface area (Å²) in [5, 5.41) is 12.0. The standard InChI is InChI=1S/C16H16ClNOS2/c1-10(8-11(2)19)18-12(3)20-9-15-16(17)13-6-4-5-7-14(13)21-15/h4-8,19H,2,9H2,1,3H3/b10-8-,18-12?.